The maximum absolute atomic E-state index is 12.7. The van der Waals surface area contributed by atoms with Crippen molar-refractivity contribution in [1.29, 1.82) is 0 Å². The van der Waals surface area contributed by atoms with Crippen molar-refractivity contribution in [2.45, 2.75) is 166 Å². The maximum Gasteiger partial charge on any atom is 0.472 e. The third-order valence-electron chi connectivity index (χ3n) is 10.1. The van der Waals surface area contributed by atoms with Gasteiger partial charge in [0.1, 0.15) is 12.7 Å². The van der Waals surface area contributed by atoms with Crippen molar-refractivity contribution in [3.05, 3.63) is 72.9 Å². The van der Waals surface area contributed by atoms with Crippen LogP contribution in [0.25, 0.3) is 0 Å². The molecule has 0 aromatic heterocycles. The van der Waals surface area contributed by atoms with Gasteiger partial charge in [-0.2, -0.15) is 0 Å². The molecule has 16 nitrogen and oxygen atoms in total. The molecule has 1 aliphatic carbocycles. The van der Waals surface area contributed by atoms with Gasteiger partial charge in [0, 0.05) is 25.2 Å². The highest BCUT2D eigenvalue weighted by molar-refractivity contribution is 7.47. The Labute approximate surface area is 381 Å². The van der Waals surface area contributed by atoms with Crippen molar-refractivity contribution in [2.75, 3.05) is 26.4 Å². The Hall–Kier alpha value is -2.56. The molecule has 0 heterocycles. The zero-order chi connectivity index (χ0) is 47.5. The molecule has 18 heteroatoms. The zero-order valence-electron chi connectivity index (χ0n) is 37.9. The Morgan fingerprint density at radius 1 is 0.641 bits per heavy atom. The molecule has 7 N–H and O–H groups in total. The van der Waals surface area contributed by atoms with E-state index in [-0.39, 0.29) is 31.1 Å². The number of carbonyl (C=O) groups excluding carboxylic acids is 2. The topological polar surface area (TPSA) is 256 Å². The van der Waals surface area contributed by atoms with Crippen LogP contribution < -0.4 is 0 Å². The van der Waals surface area contributed by atoms with Gasteiger partial charge in [0.15, 0.2) is 6.10 Å². The molecule has 368 valence electrons. The molecule has 1 rings (SSSR count). The smallest absolute Gasteiger partial charge is 0.462 e. The second-order valence-corrected chi connectivity index (χ2v) is 18.6. The standard InChI is InChI=1S/C46H78O16P2/c1-3-5-7-8-9-10-11-12-13-14-15-16-17-18-19-20-26-30-46(52)62-40(37-61-64(56,57)60-35-39(48)34-59-63(53,54)55)36-58-45(51)29-25-22-21-24-28-41-42(44(50)33-43(41)49)32-31-38(47)27-23-6-4-2/h9-10,12-13,15-16,18-19,21,24,31-32,38-44,47-50H,3-8,11,14,17,20,22-23,25-30,33-37H2,1-2H3,(H,56,57)(H2,53,54,55)/b10-9-,13-12-,16-15-,19-18-,24-21+,32-31+/t38-,39-,40+,41+,42+,43-,44+/m0/s1. The number of carbonyl (C=O) groups is 2. The SMILES string of the molecule is CCCCC/C=C\C/C=C\C/C=C\C/C=C\CCCC(=O)O[C@H](COC(=O)CCC/C=C/C[C@@H]1[C@@H](/C=C/[C@@H](O)CCCCC)[C@H](O)C[C@@H]1O)COP(=O)(O)OC[C@@H](O)COP(=O)(O)O. The van der Waals surface area contributed by atoms with Crippen molar-refractivity contribution in [3.63, 3.8) is 0 Å². The van der Waals surface area contributed by atoms with Crippen molar-refractivity contribution < 1.29 is 76.9 Å². The van der Waals surface area contributed by atoms with Gasteiger partial charge >= 0.3 is 27.6 Å². The molecule has 1 aliphatic rings. The summed E-state index contributed by atoms with van der Waals surface area (Å²) in [6.45, 7) is 1.28. The molecule has 0 bridgehead atoms. The van der Waals surface area contributed by atoms with Gasteiger partial charge in [0.05, 0.1) is 38.1 Å². The molecule has 8 atom stereocenters. The van der Waals surface area contributed by atoms with E-state index in [1.165, 1.54) is 19.3 Å². The average Bonchev–Trinajstić information content (AvgIpc) is 3.51. The Morgan fingerprint density at radius 3 is 1.78 bits per heavy atom. The number of ether oxygens (including phenoxy) is 2. The van der Waals surface area contributed by atoms with Gasteiger partial charge in [-0.05, 0) is 76.5 Å². The third-order valence-corrected chi connectivity index (χ3v) is 11.6. The predicted octanol–water partition coefficient (Wildman–Crippen LogP) is 8.16. The lowest BCUT2D eigenvalue weighted by Gasteiger charge is -2.20. The summed E-state index contributed by atoms with van der Waals surface area (Å²) in [6.07, 6.45) is 32.8. The summed E-state index contributed by atoms with van der Waals surface area (Å²) in [5.41, 5.74) is 0. The van der Waals surface area contributed by atoms with Gasteiger partial charge in [-0.3, -0.25) is 23.2 Å². The van der Waals surface area contributed by atoms with E-state index in [9.17, 15) is 44.0 Å². The van der Waals surface area contributed by atoms with Crippen LogP contribution in [-0.4, -0.2) is 104 Å². The monoisotopic (exact) mass is 948 g/mol. The largest absolute Gasteiger partial charge is 0.472 e. The fraction of sp³-hybridized carbons (Fsp3) is 0.696. The van der Waals surface area contributed by atoms with E-state index in [4.69, 9.17) is 23.8 Å². The van der Waals surface area contributed by atoms with Gasteiger partial charge in [0.2, 0.25) is 0 Å². The molecule has 0 radical (unpaired) electrons. The number of hydrogen-bond donors (Lipinski definition) is 7. The molecular formula is C46H78O16P2. The minimum Gasteiger partial charge on any atom is -0.462 e. The first-order valence-electron chi connectivity index (χ1n) is 22.9. The quantitative estimate of drug-likeness (QED) is 0.0133. The predicted molar refractivity (Wildman–Crippen MR) is 245 cm³/mol. The number of hydrogen-bond acceptors (Lipinski definition) is 13. The van der Waals surface area contributed by atoms with Crippen LogP contribution in [0.5, 0.6) is 0 Å². The van der Waals surface area contributed by atoms with E-state index in [0.717, 1.165) is 44.9 Å². The van der Waals surface area contributed by atoms with E-state index >= 15 is 0 Å². The van der Waals surface area contributed by atoms with E-state index in [1.807, 2.05) is 30.4 Å². The van der Waals surface area contributed by atoms with Gasteiger partial charge in [-0.25, -0.2) is 9.13 Å². The third kappa shape index (κ3) is 33.0. The molecule has 0 amide bonds. The van der Waals surface area contributed by atoms with Crippen LogP contribution in [0, 0.1) is 11.8 Å². The zero-order valence-corrected chi connectivity index (χ0v) is 39.7. The summed E-state index contributed by atoms with van der Waals surface area (Å²) in [4.78, 5) is 52.9. The lowest BCUT2D eigenvalue weighted by Crippen LogP contribution is -2.29. The van der Waals surface area contributed by atoms with Crippen LogP contribution in [0.2, 0.25) is 0 Å². The fourth-order valence-corrected chi connectivity index (χ4v) is 7.72. The summed E-state index contributed by atoms with van der Waals surface area (Å²) < 4.78 is 47.7. The highest BCUT2D eigenvalue weighted by atomic mass is 31.2. The Morgan fingerprint density at radius 2 is 1.17 bits per heavy atom. The van der Waals surface area contributed by atoms with E-state index in [1.54, 1.807) is 6.08 Å². The van der Waals surface area contributed by atoms with Crippen LogP contribution in [0.15, 0.2) is 72.9 Å². The van der Waals surface area contributed by atoms with Crippen LogP contribution in [0.3, 0.4) is 0 Å². The second kappa shape index (κ2) is 36.5. The lowest BCUT2D eigenvalue weighted by atomic mass is 9.89. The Kier molecular flexibility index (Phi) is 34.0. The van der Waals surface area contributed by atoms with Crippen LogP contribution in [0.4, 0.5) is 0 Å². The van der Waals surface area contributed by atoms with E-state index in [0.29, 0.717) is 38.5 Å². The van der Waals surface area contributed by atoms with Crippen LogP contribution >= 0.6 is 15.6 Å². The molecule has 0 spiro atoms. The van der Waals surface area contributed by atoms with Crippen molar-refractivity contribution in [1.82, 2.24) is 0 Å². The molecule has 0 saturated heterocycles. The number of unbranched alkanes of at least 4 members (excludes halogenated alkanes) is 7. The van der Waals surface area contributed by atoms with E-state index in [2.05, 4.69) is 59.4 Å². The average molecular weight is 949 g/mol. The molecule has 1 fully saturated rings. The molecule has 1 saturated carbocycles. The van der Waals surface area contributed by atoms with Crippen molar-refractivity contribution in [2.24, 2.45) is 11.8 Å². The van der Waals surface area contributed by atoms with Gasteiger partial charge in [-0.15, -0.1) is 0 Å². The minimum absolute atomic E-state index is 0.00271. The number of aliphatic hydroxyl groups is 4. The molecular weight excluding hydrogens is 870 g/mol. The first-order chi connectivity index (χ1) is 30.6. The number of allylic oxidation sites excluding steroid dienone is 10. The molecule has 0 aromatic rings. The molecule has 64 heavy (non-hydrogen) atoms. The fourth-order valence-electron chi connectivity index (χ4n) is 6.57. The highest BCUT2D eigenvalue weighted by Gasteiger charge is 2.39. The van der Waals surface area contributed by atoms with Gasteiger partial charge in [-0.1, -0.05) is 119 Å². The number of phosphoric ester groups is 2. The van der Waals surface area contributed by atoms with E-state index < -0.39 is 84.5 Å². The molecule has 1 unspecified atom stereocenters. The first kappa shape index (κ1) is 59.5. The minimum atomic E-state index is -4.90. The Bertz CT molecular complexity index is 1520. The summed E-state index contributed by atoms with van der Waals surface area (Å²) in [6, 6.07) is 0. The molecule has 0 aromatic carbocycles. The number of phosphoric acid groups is 2. The lowest BCUT2D eigenvalue weighted by molar-refractivity contribution is -0.161. The van der Waals surface area contributed by atoms with Gasteiger partial charge in [0.25, 0.3) is 0 Å². The molecule has 0 aliphatic heterocycles. The summed E-state index contributed by atoms with van der Waals surface area (Å²) in [7, 11) is -9.79. The van der Waals surface area contributed by atoms with Crippen LogP contribution in [-0.2, 0) is 41.8 Å². The summed E-state index contributed by atoms with van der Waals surface area (Å²) in [5.74, 6) is -1.80. The number of rotatable bonds is 38. The van der Waals surface area contributed by atoms with Crippen molar-refractivity contribution in [3.8, 4) is 0 Å². The van der Waals surface area contributed by atoms with Crippen molar-refractivity contribution >= 4 is 27.6 Å². The maximum atomic E-state index is 12.7. The second-order valence-electron chi connectivity index (χ2n) is 15.9. The highest BCUT2D eigenvalue weighted by Crippen LogP contribution is 2.44. The Balaban J connectivity index is 2.60. The normalized spacial score (nSPS) is 21.0. The number of esters is 2. The number of aliphatic hydroxyl groups excluding tert-OH is 4. The summed E-state index contributed by atoms with van der Waals surface area (Å²) >= 11 is 0. The van der Waals surface area contributed by atoms with Gasteiger partial charge < -0.3 is 44.6 Å². The van der Waals surface area contributed by atoms with Crippen LogP contribution in [0.1, 0.15) is 136 Å². The first-order valence-corrected chi connectivity index (χ1v) is 25.9. The summed E-state index contributed by atoms with van der Waals surface area (Å²) in [5, 5.41) is 41.1.